The molecule has 3 aromatic rings. The SMILES string of the molecule is Cc1cccc(NC(=O)N2CCN(C(c3ccccc3)c3ccccc3)CC2)c1. The normalized spacial score (nSPS) is 14.8. The highest BCUT2D eigenvalue weighted by molar-refractivity contribution is 5.89. The predicted octanol–water partition coefficient (Wildman–Crippen LogP) is 4.93. The second-order valence-corrected chi connectivity index (χ2v) is 7.55. The van der Waals surface area contributed by atoms with Crippen LogP contribution in [-0.2, 0) is 0 Å². The van der Waals surface area contributed by atoms with E-state index in [0.29, 0.717) is 13.1 Å². The number of benzene rings is 3. The Kier molecular flexibility index (Phi) is 5.92. The third-order valence-corrected chi connectivity index (χ3v) is 5.47. The maximum absolute atomic E-state index is 12.7. The zero-order valence-corrected chi connectivity index (χ0v) is 16.8. The fourth-order valence-electron chi connectivity index (χ4n) is 3.99. The van der Waals surface area contributed by atoms with E-state index >= 15 is 0 Å². The van der Waals surface area contributed by atoms with Crippen LogP contribution in [0.15, 0.2) is 84.9 Å². The minimum absolute atomic E-state index is 0.0220. The quantitative estimate of drug-likeness (QED) is 0.691. The van der Waals surface area contributed by atoms with Gasteiger partial charge in [-0.05, 0) is 35.7 Å². The number of carbonyl (C=O) groups is 1. The lowest BCUT2D eigenvalue weighted by molar-refractivity contribution is 0.126. The number of piperazine rings is 1. The summed E-state index contributed by atoms with van der Waals surface area (Å²) in [7, 11) is 0. The van der Waals surface area contributed by atoms with Crippen LogP contribution in [0.3, 0.4) is 0 Å². The van der Waals surface area contributed by atoms with Crippen LogP contribution in [-0.4, -0.2) is 42.0 Å². The molecule has 1 aliphatic heterocycles. The van der Waals surface area contributed by atoms with Gasteiger partial charge in [-0.25, -0.2) is 4.79 Å². The smallest absolute Gasteiger partial charge is 0.321 e. The molecule has 0 aromatic heterocycles. The summed E-state index contributed by atoms with van der Waals surface area (Å²) in [6.07, 6.45) is 0. The van der Waals surface area contributed by atoms with Crippen LogP contribution in [0.5, 0.6) is 0 Å². The van der Waals surface area contributed by atoms with Crippen molar-refractivity contribution in [1.29, 1.82) is 0 Å². The Morgan fingerprint density at radius 2 is 1.38 bits per heavy atom. The summed E-state index contributed by atoms with van der Waals surface area (Å²) in [5, 5.41) is 3.03. The van der Waals surface area contributed by atoms with Crippen molar-refractivity contribution < 1.29 is 4.79 Å². The van der Waals surface area contributed by atoms with Crippen LogP contribution < -0.4 is 5.32 Å². The molecule has 0 radical (unpaired) electrons. The minimum atomic E-state index is -0.0220. The lowest BCUT2D eigenvalue weighted by Gasteiger charge is -2.39. The van der Waals surface area contributed by atoms with E-state index in [-0.39, 0.29) is 12.1 Å². The molecule has 29 heavy (non-hydrogen) atoms. The molecule has 1 heterocycles. The molecule has 1 fully saturated rings. The Hall–Kier alpha value is -3.11. The van der Waals surface area contributed by atoms with E-state index in [1.165, 1.54) is 11.1 Å². The summed E-state index contributed by atoms with van der Waals surface area (Å²) >= 11 is 0. The molecule has 1 N–H and O–H groups in total. The van der Waals surface area contributed by atoms with Crippen molar-refractivity contribution in [3.8, 4) is 0 Å². The Morgan fingerprint density at radius 1 is 0.793 bits per heavy atom. The maximum Gasteiger partial charge on any atom is 0.321 e. The van der Waals surface area contributed by atoms with E-state index in [0.717, 1.165) is 24.3 Å². The van der Waals surface area contributed by atoms with Gasteiger partial charge in [-0.1, -0.05) is 72.8 Å². The van der Waals surface area contributed by atoms with Crippen molar-refractivity contribution in [3.05, 3.63) is 102 Å². The summed E-state index contributed by atoms with van der Waals surface area (Å²) in [5.41, 5.74) is 4.57. The lowest BCUT2D eigenvalue weighted by Crippen LogP contribution is -2.51. The van der Waals surface area contributed by atoms with Gasteiger partial charge in [0.1, 0.15) is 0 Å². The van der Waals surface area contributed by atoms with Crippen molar-refractivity contribution >= 4 is 11.7 Å². The zero-order chi connectivity index (χ0) is 20.1. The first kappa shape index (κ1) is 19.2. The molecular formula is C25H27N3O. The second-order valence-electron chi connectivity index (χ2n) is 7.55. The van der Waals surface area contributed by atoms with Crippen molar-refractivity contribution in [2.75, 3.05) is 31.5 Å². The highest BCUT2D eigenvalue weighted by Crippen LogP contribution is 2.29. The molecule has 4 heteroatoms. The minimum Gasteiger partial charge on any atom is -0.322 e. The van der Waals surface area contributed by atoms with Gasteiger partial charge in [0.05, 0.1) is 6.04 Å². The molecule has 1 saturated heterocycles. The maximum atomic E-state index is 12.7. The fourth-order valence-corrected chi connectivity index (χ4v) is 3.99. The van der Waals surface area contributed by atoms with Gasteiger partial charge in [-0.3, -0.25) is 4.90 Å². The van der Waals surface area contributed by atoms with Gasteiger partial charge < -0.3 is 10.2 Å². The number of hydrogen-bond acceptors (Lipinski definition) is 2. The van der Waals surface area contributed by atoms with Crippen LogP contribution in [0.25, 0.3) is 0 Å². The van der Waals surface area contributed by atoms with Crippen molar-refractivity contribution in [1.82, 2.24) is 9.80 Å². The molecule has 1 aliphatic rings. The fraction of sp³-hybridized carbons (Fsp3) is 0.240. The van der Waals surface area contributed by atoms with Crippen LogP contribution in [0, 0.1) is 6.92 Å². The first-order valence-electron chi connectivity index (χ1n) is 10.2. The molecule has 0 saturated carbocycles. The van der Waals surface area contributed by atoms with E-state index in [9.17, 15) is 4.79 Å². The number of amides is 2. The summed E-state index contributed by atoms with van der Waals surface area (Å²) in [6.45, 7) is 5.15. The van der Waals surface area contributed by atoms with Gasteiger partial charge >= 0.3 is 6.03 Å². The molecule has 148 valence electrons. The van der Waals surface area contributed by atoms with Gasteiger partial charge in [-0.2, -0.15) is 0 Å². The number of aryl methyl sites for hydroxylation is 1. The Bertz CT molecular complexity index is 895. The van der Waals surface area contributed by atoms with Gasteiger partial charge in [0, 0.05) is 31.9 Å². The van der Waals surface area contributed by atoms with Crippen molar-refractivity contribution in [3.63, 3.8) is 0 Å². The van der Waals surface area contributed by atoms with Gasteiger partial charge in [0.15, 0.2) is 0 Å². The molecular weight excluding hydrogens is 358 g/mol. The average Bonchev–Trinajstić information content (AvgIpc) is 2.76. The largest absolute Gasteiger partial charge is 0.322 e. The molecule has 0 aliphatic carbocycles. The summed E-state index contributed by atoms with van der Waals surface area (Å²) in [4.78, 5) is 17.1. The monoisotopic (exact) mass is 385 g/mol. The Labute approximate surface area is 172 Å². The average molecular weight is 386 g/mol. The third kappa shape index (κ3) is 4.66. The van der Waals surface area contributed by atoms with Crippen molar-refractivity contribution in [2.45, 2.75) is 13.0 Å². The highest BCUT2D eigenvalue weighted by atomic mass is 16.2. The highest BCUT2D eigenvalue weighted by Gasteiger charge is 2.28. The van der Waals surface area contributed by atoms with Crippen LogP contribution in [0.4, 0.5) is 10.5 Å². The number of urea groups is 1. The molecule has 0 bridgehead atoms. The van der Waals surface area contributed by atoms with E-state index in [2.05, 4.69) is 70.9 Å². The molecule has 0 unspecified atom stereocenters. The van der Waals surface area contributed by atoms with Gasteiger partial charge in [0.25, 0.3) is 0 Å². The first-order chi connectivity index (χ1) is 14.2. The first-order valence-corrected chi connectivity index (χ1v) is 10.2. The number of nitrogens with zero attached hydrogens (tertiary/aromatic N) is 2. The van der Waals surface area contributed by atoms with Crippen LogP contribution in [0.2, 0.25) is 0 Å². The number of anilines is 1. The molecule has 3 aromatic carbocycles. The van der Waals surface area contributed by atoms with Crippen molar-refractivity contribution in [2.24, 2.45) is 0 Å². The van der Waals surface area contributed by atoms with E-state index in [1.807, 2.05) is 36.1 Å². The second kappa shape index (κ2) is 8.93. The number of rotatable bonds is 4. The summed E-state index contributed by atoms with van der Waals surface area (Å²) in [5.74, 6) is 0. The Morgan fingerprint density at radius 3 is 1.93 bits per heavy atom. The predicted molar refractivity (Wildman–Crippen MR) is 118 cm³/mol. The Balaban J connectivity index is 1.45. The van der Waals surface area contributed by atoms with E-state index < -0.39 is 0 Å². The van der Waals surface area contributed by atoms with Crippen LogP contribution in [0.1, 0.15) is 22.7 Å². The molecule has 4 rings (SSSR count). The van der Waals surface area contributed by atoms with Gasteiger partial charge in [-0.15, -0.1) is 0 Å². The lowest BCUT2D eigenvalue weighted by atomic mass is 9.96. The zero-order valence-electron chi connectivity index (χ0n) is 16.8. The van der Waals surface area contributed by atoms with E-state index in [1.54, 1.807) is 0 Å². The topological polar surface area (TPSA) is 35.6 Å². The van der Waals surface area contributed by atoms with Gasteiger partial charge in [0.2, 0.25) is 0 Å². The molecule has 0 atom stereocenters. The standard InChI is InChI=1S/C25H27N3O/c1-20-9-8-14-23(19-20)26-25(29)28-17-15-27(16-18-28)24(21-10-4-2-5-11-21)22-12-6-3-7-13-22/h2-14,19,24H,15-18H2,1H3,(H,26,29). The summed E-state index contributed by atoms with van der Waals surface area (Å²) < 4.78 is 0. The van der Waals surface area contributed by atoms with Crippen LogP contribution >= 0.6 is 0 Å². The molecule has 0 spiro atoms. The number of hydrogen-bond donors (Lipinski definition) is 1. The number of carbonyl (C=O) groups excluding carboxylic acids is 1. The molecule has 2 amide bonds. The van der Waals surface area contributed by atoms with E-state index in [4.69, 9.17) is 0 Å². The number of nitrogens with one attached hydrogen (secondary N) is 1. The summed E-state index contributed by atoms with van der Waals surface area (Å²) in [6, 6.07) is 29.3. The third-order valence-electron chi connectivity index (χ3n) is 5.47. The molecule has 4 nitrogen and oxygen atoms in total.